The smallest absolute Gasteiger partial charge is 0.305 e. The first kappa shape index (κ1) is 18.7. The molecule has 0 aliphatic carbocycles. The molecule has 2 aromatic rings. The Morgan fingerprint density at radius 2 is 1.58 bits per heavy atom. The Kier molecular flexibility index (Phi) is 6.95. The average molecular weight is 349 g/mol. The fourth-order valence-electron chi connectivity index (χ4n) is 2.37. The molecule has 0 aromatic heterocycles. The summed E-state index contributed by atoms with van der Waals surface area (Å²) in [5.41, 5.74) is 1.85. The van der Waals surface area contributed by atoms with Crippen LogP contribution in [0.4, 0.5) is 0 Å². The zero-order chi connectivity index (χ0) is 18.8. The molecule has 0 aliphatic rings. The van der Waals surface area contributed by atoms with Gasteiger partial charge in [0.05, 0.1) is 12.5 Å². The summed E-state index contributed by atoms with van der Waals surface area (Å²) >= 11 is 0. The minimum Gasteiger partial charge on any atom is -0.481 e. The molecule has 0 heterocycles. The number of rotatable bonds is 8. The van der Waals surface area contributed by atoms with E-state index in [2.05, 4.69) is 10.6 Å². The summed E-state index contributed by atoms with van der Waals surface area (Å²) in [6, 6.07) is 20.9. The number of carbonyl (C=O) groups is 2. The number of benzene rings is 2. The molecule has 0 fully saturated rings. The van der Waals surface area contributed by atoms with E-state index in [1.807, 2.05) is 66.7 Å². The van der Waals surface area contributed by atoms with Crippen LogP contribution >= 0.6 is 0 Å². The largest absolute Gasteiger partial charge is 0.481 e. The number of hydrogen-bond acceptors (Lipinski definition) is 4. The standard InChI is InChI=1S/C20H19N3O3/c21-13-17(20(26)22-12-11-18(24)25)14-23-19(15-7-3-1-4-8-15)16-9-5-2-6-10-16/h1-10,14,19,23H,11-12H2,(H,22,26)(H,24,25)/b17-14-. The summed E-state index contributed by atoms with van der Waals surface area (Å²) in [5, 5.41) is 23.4. The lowest BCUT2D eigenvalue weighted by Crippen LogP contribution is -2.28. The van der Waals surface area contributed by atoms with Crippen molar-refractivity contribution in [2.45, 2.75) is 12.5 Å². The Morgan fingerprint density at radius 3 is 2.04 bits per heavy atom. The third kappa shape index (κ3) is 5.49. The van der Waals surface area contributed by atoms with Crippen LogP contribution in [-0.2, 0) is 9.59 Å². The van der Waals surface area contributed by atoms with Crippen molar-refractivity contribution in [3.05, 3.63) is 83.6 Å². The molecule has 0 saturated carbocycles. The molecule has 26 heavy (non-hydrogen) atoms. The van der Waals surface area contributed by atoms with Crippen molar-refractivity contribution in [1.29, 1.82) is 5.26 Å². The van der Waals surface area contributed by atoms with Gasteiger partial charge in [-0.3, -0.25) is 9.59 Å². The highest BCUT2D eigenvalue weighted by Crippen LogP contribution is 2.21. The van der Waals surface area contributed by atoms with Crippen molar-refractivity contribution < 1.29 is 14.7 Å². The van der Waals surface area contributed by atoms with Crippen LogP contribution in [-0.4, -0.2) is 23.5 Å². The van der Waals surface area contributed by atoms with Crippen LogP contribution in [0, 0.1) is 11.3 Å². The summed E-state index contributed by atoms with van der Waals surface area (Å²) in [7, 11) is 0. The lowest BCUT2D eigenvalue weighted by Gasteiger charge is -2.19. The lowest BCUT2D eigenvalue weighted by atomic mass is 9.99. The number of amides is 1. The predicted octanol–water partition coefficient (Wildman–Crippen LogP) is 2.36. The topological polar surface area (TPSA) is 102 Å². The maximum Gasteiger partial charge on any atom is 0.305 e. The average Bonchev–Trinajstić information content (AvgIpc) is 2.66. The summed E-state index contributed by atoms with van der Waals surface area (Å²) in [6.07, 6.45) is 1.16. The maximum atomic E-state index is 12.0. The number of carboxylic acids is 1. The van der Waals surface area contributed by atoms with E-state index in [4.69, 9.17) is 5.11 Å². The fourth-order valence-corrected chi connectivity index (χ4v) is 2.37. The van der Waals surface area contributed by atoms with Gasteiger partial charge in [-0.2, -0.15) is 5.26 Å². The number of aliphatic carboxylic acids is 1. The molecule has 0 spiro atoms. The van der Waals surface area contributed by atoms with Gasteiger partial charge >= 0.3 is 5.97 Å². The quantitative estimate of drug-likeness (QED) is 0.501. The van der Waals surface area contributed by atoms with E-state index < -0.39 is 11.9 Å². The van der Waals surface area contributed by atoms with E-state index in [1.54, 1.807) is 0 Å². The van der Waals surface area contributed by atoms with Gasteiger partial charge in [0.25, 0.3) is 5.91 Å². The van der Waals surface area contributed by atoms with Crippen LogP contribution in [0.15, 0.2) is 72.4 Å². The van der Waals surface area contributed by atoms with Crippen molar-refractivity contribution in [3.8, 4) is 6.07 Å². The minimum atomic E-state index is -1.01. The van der Waals surface area contributed by atoms with Crippen LogP contribution in [0.25, 0.3) is 0 Å². The van der Waals surface area contributed by atoms with Crippen LogP contribution < -0.4 is 10.6 Å². The van der Waals surface area contributed by atoms with Gasteiger partial charge in [-0.05, 0) is 11.1 Å². The zero-order valence-corrected chi connectivity index (χ0v) is 14.1. The number of carbonyl (C=O) groups excluding carboxylic acids is 1. The van der Waals surface area contributed by atoms with Gasteiger partial charge in [0.2, 0.25) is 0 Å². The van der Waals surface area contributed by atoms with E-state index in [0.717, 1.165) is 11.1 Å². The van der Waals surface area contributed by atoms with Gasteiger partial charge < -0.3 is 15.7 Å². The van der Waals surface area contributed by atoms with Gasteiger partial charge in [0.15, 0.2) is 0 Å². The molecule has 6 nitrogen and oxygen atoms in total. The van der Waals surface area contributed by atoms with Crippen LogP contribution in [0.5, 0.6) is 0 Å². The fraction of sp³-hybridized carbons (Fsp3) is 0.150. The first-order chi connectivity index (χ1) is 12.6. The minimum absolute atomic E-state index is 0.0337. The van der Waals surface area contributed by atoms with Crippen LogP contribution in [0.3, 0.4) is 0 Å². The number of nitriles is 1. The highest BCUT2D eigenvalue weighted by Gasteiger charge is 2.14. The number of nitrogens with zero attached hydrogens (tertiary/aromatic N) is 1. The molecule has 0 radical (unpaired) electrons. The van der Waals surface area contributed by atoms with Gasteiger partial charge in [-0.25, -0.2) is 0 Å². The van der Waals surface area contributed by atoms with Crippen molar-refractivity contribution >= 4 is 11.9 Å². The van der Waals surface area contributed by atoms with Crippen LogP contribution in [0.1, 0.15) is 23.6 Å². The molecule has 2 aromatic carbocycles. The number of nitrogens with one attached hydrogen (secondary N) is 2. The third-order valence-electron chi connectivity index (χ3n) is 3.65. The second-order valence-corrected chi connectivity index (χ2v) is 5.49. The predicted molar refractivity (Wildman–Crippen MR) is 96.8 cm³/mol. The Morgan fingerprint density at radius 1 is 1.04 bits per heavy atom. The van der Waals surface area contributed by atoms with Gasteiger partial charge in [-0.1, -0.05) is 60.7 Å². The maximum absolute atomic E-state index is 12.0. The molecule has 1 amide bonds. The van der Waals surface area contributed by atoms with E-state index >= 15 is 0 Å². The van der Waals surface area contributed by atoms with Gasteiger partial charge in [-0.15, -0.1) is 0 Å². The third-order valence-corrected chi connectivity index (χ3v) is 3.65. The normalized spacial score (nSPS) is 10.8. The van der Waals surface area contributed by atoms with E-state index in [-0.39, 0.29) is 24.6 Å². The Balaban J connectivity index is 2.16. The van der Waals surface area contributed by atoms with Crippen molar-refractivity contribution in [3.63, 3.8) is 0 Å². The highest BCUT2D eigenvalue weighted by molar-refractivity contribution is 5.97. The van der Waals surface area contributed by atoms with E-state index in [0.29, 0.717) is 0 Å². The summed E-state index contributed by atoms with van der Waals surface area (Å²) in [5.74, 6) is -1.62. The molecule has 0 unspecified atom stereocenters. The summed E-state index contributed by atoms with van der Waals surface area (Å²) < 4.78 is 0. The second kappa shape index (κ2) is 9.64. The van der Waals surface area contributed by atoms with Crippen molar-refractivity contribution in [1.82, 2.24) is 10.6 Å². The number of hydrogen-bond donors (Lipinski definition) is 3. The molecular formula is C20H19N3O3. The lowest BCUT2D eigenvalue weighted by molar-refractivity contribution is -0.136. The molecule has 0 bridgehead atoms. The molecule has 0 saturated heterocycles. The van der Waals surface area contributed by atoms with Crippen molar-refractivity contribution in [2.75, 3.05) is 6.54 Å². The molecule has 6 heteroatoms. The summed E-state index contributed by atoms with van der Waals surface area (Å²) in [4.78, 5) is 22.5. The van der Waals surface area contributed by atoms with Gasteiger partial charge in [0, 0.05) is 12.7 Å². The molecule has 0 atom stereocenters. The zero-order valence-electron chi connectivity index (χ0n) is 14.1. The Hall–Kier alpha value is -3.59. The second-order valence-electron chi connectivity index (χ2n) is 5.49. The SMILES string of the molecule is N#C/C(=C/NC(c1ccccc1)c1ccccc1)C(=O)NCCC(=O)O. The Bertz CT molecular complexity index is 772. The highest BCUT2D eigenvalue weighted by atomic mass is 16.4. The van der Waals surface area contributed by atoms with Gasteiger partial charge in [0.1, 0.15) is 11.6 Å². The molecule has 0 aliphatic heterocycles. The molecule has 132 valence electrons. The monoisotopic (exact) mass is 349 g/mol. The van der Waals surface area contributed by atoms with E-state index in [1.165, 1.54) is 6.20 Å². The molecule has 3 N–H and O–H groups in total. The van der Waals surface area contributed by atoms with Crippen molar-refractivity contribution in [2.24, 2.45) is 0 Å². The first-order valence-corrected chi connectivity index (χ1v) is 8.08. The van der Waals surface area contributed by atoms with Crippen LogP contribution in [0.2, 0.25) is 0 Å². The molecular weight excluding hydrogens is 330 g/mol. The van der Waals surface area contributed by atoms with E-state index in [9.17, 15) is 14.9 Å². The first-order valence-electron chi connectivity index (χ1n) is 8.08. The Labute approximate surface area is 151 Å². The molecule has 2 rings (SSSR count). The number of carboxylic acid groups (broad SMARTS) is 1. The summed E-state index contributed by atoms with van der Waals surface area (Å²) in [6.45, 7) is -0.0337.